The minimum atomic E-state index is -0.295. The number of halogens is 1. The van der Waals surface area contributed by atoms with E-state index >= 15 is 0 Å². The summed E-state index contributed by atoms with van der Waals surface area (Å²) in [5.41, 5.74) is 5.17. The fraction of sp³-hybridized carbons (Fsp3) is 0.192. The molecule has 30 heavy (non-hydrogen) atoms. The maximum atomic E-state index is 14.0. The van der Waals surface area contributed by atoms with E-state index in [-0.39, 0.29) is 24.1 Å². The number of para-hydroxylation sites is 1. The predicted molar refractivity (Wildman–Crippen MR) is 119 cm³/mol. The SMILES string of the molecule is CCc1cccc2c([C@H](CC(=O)NCc3ccccc3)c3cccc(F)c3)c[nH]c12. The fourth-order valence-electron chi connectivity index (χ4n) is 4.01. The van der Waals surface area contributed by atoms with Crippen LogP contribution < -0.4 is 5.32 Å². The molecular weight excluding hydrogens is 375 g/mol. The second-order valence-electron chi connectivity index (χ2n) is 7.51. The lowest BCUT2D eigenvalue weighted by molar-refractivity contribution is -0.121. The average molecular weight is 400 g/mol. The van der Waals surface area contributed by atoms with Gasteiger partial charge in [-0.05, 0) is 40.8 Å². The van der Waals surface area contributed by atoms with Crippen LogP contribution in [0.15, 0.2) is 79.0 Å². The van der Waals surface area contributed by atoms with E-state index in [2.05, 4.69) is 29.4 Å². The van der Waals surface area contributed by atoms with Gasteiger partial charge in [-0.15, -0.1) is 0 Å². The summed E-state index contributed by atoms with van der Waals surface area (Å²) in [5.74, 6) is -0.595. The Bertz CT molecular complexity index is 1150. The van der Waals surface area contributed by atoms with Crippen LogP contribution in [-0.2, 0) is 17.8 Å². The number of benzene rings is 3. The molecule has 0 aliphatic rings. The van der Waals surface area contributed by atoms with E-state index < -0.39 is 0 Å². The van der Waals surface area contributed by atoms with Crippen molar-refractivity contribution >= 4 is 16.8 Å². The van der Waals surface area contributed by atoms with E-state index in [1.807, 2.05) is 48.7 Å². The molecule has 152 valence electrons. The first kappa shape index (κ1) is 19.9. The number of carbonyl (C=O) groups excluding carboxylic acids is 1. The molecule has 4 rings (SSSR count). The summed E-state index contributed by atoms with van der Waals surface area (Å²) in [6.45, 7) is 2.60. The van der Waals surface area contributed by atoms with Gasteiger partial charge in [0.2, 0.25) is 5.91 Å². The molecule has 0 aliphatic heterocycles. The highest BCUT2D eigenvalue weighted by Gasteiger charge is 2.22. The summed E-state index contributed by atoms with van der Waals surface area (Å²) in [5, 5.41) is 4.09. The van der Waals surface area contributed by atoms with Gasteiger partial charge in [0.1, 0.15) is 5.82 Å². The average Bonchev–Trinajstić information content (AvgIpc) is 3.21. The molecule has 3 aromatic carbocycles. The van der Waals surface area contributed by atoms with Crippen molar-refractivity contribution in [3.05, 3.63) is 107 Å². The molecule has 0 unspecified atom stereocenters. The van der Waals surface area contributed by atoms with Crippen molar-refractivity contribution in [3.8, 4) is 0 Å². The number of aromatic amines is 1. The third kappa shape index (κ3) is 4.28. The lowest BCUT2D eigenvalue weighted by atomic mass is 9.87. The van der Waals surface area contributed by atoms with Gasteiger partial charge in [0.15, 0.2) is 0 Å². The molecule has 0 bridgehead atoms. The molecule has 1 amide bonds. The highest BCUT2D eigenvalue weighted by Crippen LogP contribution is 2.34. The molecule has 1 atom stereocenters. The van der Waals surface area contributed by atoms with Gasteiger partial charge in [0.25, 0.3) is 0 Å². The molecule has 0 fully saturated rings. The maximum Gasteiger partial charge on any atom is 0.221 e. The molecule has 0 aliphatic carbocycles. The normalized spacial score (nSPS) is 12.1. The zero-order valence-corrected chi connectivity index (χ0v) is 17.0. The Morgan fingerprint density at radius 1 is 1.03 bits per heavy atom. The minimum Gasteiger partial charge on any atom is -0.361 e. The van der Waals surface area contributed by atoms with Gasteiger partial charge in [-0.3, -0.25) is 4.79 Å². The first-order chi connectivity index (χ1) is 14.7. The summed E-state index contributed by atoms with van der Waals surface area (Å²) >= 11 is 0. The molecule has 1 heterocycles. The maximum absolute atomic E-state index is 14.0. The number of H-pyrrole nitrogens is 1. The number of rotatable bonds is 7. The quantitative estimate of drug-likeness (QED) is 0.410. The number of hydrogen-bond donors (Lipinski definition) is 2. The van der Waals surface area contributed by atoms with E-state index in [0.717, 1.165) is 34.0 Å². The molecule has 0 saturated heterocycles. The van der Waals surface area contributed by atoms with Crippen LogP contribution in [0.3, 0.4) is 0 Å². The summed E-state index contributed by atoms with van der Waals surface area (Å²) in [4.78, 5) is 16.2. The van der Waals surface area contributed by atoms with Crippen molar-refractivity contribution in [1.29, 1.82) is 0 Å². The summed E-state index contributed by atoms with van der Waals surface area (Å²) < 4.78 is 14.0. The lowest BCUT2D eigenvalue weighted by Gasteiger charge is -2.17. The number of nitrogens with one attached hydrogen (secondary N) is 2. The van der Waals surface area contributed by atoms with Crippen LogP contribution in [0, 0.1) is 5.82 Å². The van der Waals surface area contributed by atoms with Gasteiger partial charge in [0.05, 0.1) is 0 Å². The zero-order valence-electron chi connectivity index (χ0n) is 17.0. The van der Waals surface area contributed by atoms with Gasteiger partial charge in [-0.1, -0.05) is 67.6 Å². The van der Waals surface area contributed by atoms with Crippen molar-refractivity contribution in [2.45, 2.75) is 32.2 Å². The summed E-state index contributed by atoms with van der Waals surface area (Å²) in [6, 6.07) is 22.6. The van der Waals surface area contributed by atoms with Crippen LogP contribution in [0.4, 0.5) is 4.39 Å². The molecular formula is C26H25FN2O. The van der Waals surface area contributed by atoms with Gasteiger partial charge in [-0.2, -0.15) is 0 Å². The summed E-state index contributed by atoms with van der Waals surface area (Å²) in [7, 11) is 0. The van der Waals surface area contributed by atoms with Crippen LogP contribution in [0.25, 0.3) is 10.9 Å². The highest BCUT2D eigenvalue weighted by molar-refractivity contribution is 5.88. The van der Waals surface area contributed by atoms with Crippen LogP contribution in [-0.4, -0.2) is 10.9 Å². The molecule has 0 saturated carbocycles. The van der Waals surface area contributed by atoms with Crippen molar-refractivity contribution in [1.82, 2.24) is 10.3 Å². The lowest BCUT2D eigenvalue weighted by Crippen LogP contribution is -2.25. The summed E-state index contributed by atoms with van der Waals surface area (Å²) in [6.07, 6.45) is 3.13. The molecule has 3 nitrogen and oxygen atoms in total. The van der Waals surface area contributed by atoms with Gasteiger partial charge < -0.3 is 10.3 Å². The van der Waals surface area contributed by atoms with Gasteiger partial charge in [0, 0.05) is 36.0 Å². The van der Waals surface area contributed by atoms with E-state index in [4.69, 9.17) is 0 Å². The van der Waals surface area contributed by atoms with Crippen LogP contribution in [0.5, 0.6) is 0 Å². The Labute approximate surface area is 176 Å². The largest absolute Gasteiger partial charge is 0.361 e. The Morgan fingerprint density at radius 2 is 1.83 bits per heavy atom. The number of aryl methyl sites for hydroxylation is 1. The second-order valence-corrected chi connectivity index (χ2v) is 7.51. The molecule has 1 aromatic heterocycles. The van der Waals surface area contributed by atoms with Crippen molar-refractivity contribution < 1.29 is 9.18 Å². The fourth-order valence-corrected chi connectivity index (χ4v) is 4.01. The number of aromatic nitrogens is 1. The molecule has 2 N–H and O–H groups in total. The molecule has 4 heteroatoms. The second kappa shape index (κ2) is 8.95. The third-order valence-electron chi connectivity index (χ3n) is 5.56. The Kier molecular flexibility index (Phi) is 5.94. The van der Waals surface area contributed by atoms with E-state index in [0.29, 0.717) is 6.54 Å². The first-order valence-corrected chi connectivity index (χ1v) is 10.3. The topological polar surface area (TPSA) is 44.9 Å². The van der Waals surface area contributed by atoms with Crippen LogP contribution >= 0.6 is 0 Å². The van der Waals surface area contributed by atoms with Crippen molar-refractivity contribution in [2.75, 3.05) is 0 Å². The van der Waals surface area contributed by atoms with Crippen molar-refractivity contribution in [2.24, 2.45) is 0 Å². The Hall–Kier alpha value is -3.40. The van der Waals surface area contributed by atoms with Gasteiger partial charge in [-0.25, -0.2) is 4.39 Å². The zero-order chi connectivity index (χ0) is 20.9. The molecule has 4 aromatic rings. The third-order valence-corrected chi connectivity index (χ3v) is 5.56. The first-order valence-electron chi connectivity index (χ1n) is 10.3. The van der Waals surface area contributed by atoms with E-state index in [1.165, 1.54) is 17.7 Å². The number of carbonyl (C=O) groups is 1. The van der Waals surface area contributed by atoms with Crippen LogP contribution in [0.1, 0.15) is 41.5 Å². The van der Waals surface area contributed by atoms with E-state index in [1.54, 1.807) is 6.07 Å². The molecule has 0 spiro atoms. The monoisotopic (exact) mass is 400 g/mol. The number of fused-ring (bicyclic) bond motifs is 1. The Morgan fingerprint density at radius 3 is 2.60 bits per heavy atom. The standard InChI is InChI=1S/C26H25FN2O/c1-2-19-10-7-13-22-24(17-29-26(19)22)23(20-11-6-12-21(27)14-20)15-25(30)28-16-18-8-4-3-5-9-18/h3-14,17,23,29H,2,15-16H2,1H3,(H,28,30)/t23-/m1/s1. The predicted octanol–water partition coefficient (Wildman–Crippen LogP) is 5.71. The Balaban J connectivity index is 1.65. The van der Waals surface area contributed by atoms with Crippen LogP contribution in [0.2, 0.25) is 0 Å². The van der Waals surface area contributed by atoms with Crippen molar-refractivity contribution in [3.63, 3.8) is 0 Å². The number of hydrogen-bond acceptors (Lipinski definition) is 1. The minimum absolute atomic E-state index is 0.0610. The van der Waals surface area contributed by atoms with E-state index in [9.17, 15) is 9.18 Å². The van der Waals surface area contributed by atoms with Gasteiger partial charge >= 0.3 is 0 Å². The smallest absolute Gasteiger partial charge is 0.221 e. The molecule has 0 radical (unpaired) electrons. The highest BCUT2D eigenvalue weighted by atomic mass is 19.1. The number of amides is 1.